The van der Waals surface area contributed by atoms with Crippen LogP contribution in [0.3, 0.4) is 0 Å². The quantitative estimate of drug-likeness (QED) is 0.162. The average molecular weight is 828 g/mol. The number of benzene rings is 10. The molecule has 302 valence electrons. The van der Waals surface area contributed by atoms with Gasteiger partial charge in [-0.25, -0.2) is 9.97 Å². The molecule has 0 radical (unpaired) electrons. The minimum atomic E-state index is 0.702. The molecule has 0 saturated carbocycles. The molecule has 14 rings (SSSR count). The summed E-state index contributed by atoms with van der Waals surface area (Å²) in [7, 11) is 0. The fraction of sp³-hybridized carbons (Fsp3) is 0. The molecule has 0 aliphatic heterocycles. The minimum Gasteiger partial charge on any atom is -0.309 e. The van der Waals surface area contributed by atoms with E-state index in [9.17, 15) is 0 Å². The molecule has 0 saturated heterocycles. The van der Waals surface area contributed by atoms with E-state index in [1.54, 1.807) is 0 Å². The van der Waals surface area contributed by atoms with Gasteiger partial charge in [-0.05, 0) is 78.2 Å². The largest absolute Gasteiger partial charge is 0.309 e. The van der Waals surface area contributed by atoms with Crippen molar-refractivity contribution >= 4 is 87.1 Å². The average Bonchev–Trinajstić information content (AvgIpc) is 4.01. The number of hydrogen-bond acceptors (Lipinski definition) is 2. The Kier molecular flexibility index (Phi) is 7.62. The Bertz CT molecular complexity index is 3970. The van der Waals surface area contributed by atoms with Gasteiger partial charge in [-0.15, -0.1) is 0 Å². The summed E-state index contributed by atoms with van der Waals surface area (Å²) < 4.78 is 7.28. The number of rotatable bonds is 5. The fourth-order valence-electron chi connectivity index (χ4n) is 10.6. The van der Waals surface area contributed by atoms with Gasteiger partial charge in [0, 0.05) is 65.6 Å². The third-order valence-electron chi connectivity index (χ3n) is 13.4. The van der Waals surface area contributed by atoms with E-state index < -0.39 is 0 Å². The number of fused-ring (bicyclic) bond motifs is 12. The van der Waals surface area contributed by atoms with Crippen LogP contribution in [0.1, 0.15) is 0 Å². The second-order valence-corrected chi connectivity index (χ2v) is 16.9. The van der Waals surface area contributed by atoms with Crippen molar-refractivity contribution in [3.05, 3.63) is 224 Å². The van der Waals surface area contributed by atoms with E-state index in [0.29, 0.717) is 5.82 Å². The molecule has 0 fully saturated rings. The maximum Gasteiger partial charge on any atom is 0.160 e. The van der Waals surface area contributed by atoms with E-state index in [2.05, 4.69) is 232 Å². The van der Waals surface area contributed by atoms with Crippen LogP contribution in [0.15, 0.2) is 224 Å². The zero-order valence-electron chi connectivity index (χ0n) is 35.1. The predicted molar refractivity (Wildman–Crippen MR) is 271 cm³/mol. The topological polar surface area (TPSA) is 40.6 Å². The van der Waals surface area contributed by atoms with Crippen molar-refractivity contribution in [3.8, 4) is 39.7 Å². The summed E-state index contributed by atoms with van der Waals surface area (Å²) in [6.45, 7) is 0. The minimum absolute atomic E-state index is 0.702. The molecule has 4 heterocycles. The first-order valence-electron chi connectivity index (χ1n) is 22.2. The van der Waals surface area contributed by atoms with E-state index >= 15 is 0 Å². The van der Waals surface area contributed by atoms with Crippen LogP contribution < -0.4 is 0 Å². The summed E-state index contributed by atoms with van der Waals surface area (Å²) in [6, 6.07) is 80.9. The van der Waals surface area contributed by atoms with Crippen LogP contribution in [0, 0.1) is 0 Å². The Balaban J connectivity index is 1.08. The van der Waals surface area contributed by atoms with E-state index in [-0.39, 0.29) is 0 Å². The number of para-hydroxylation sites is 5. The standard InChI is InChI=1S/C60H37N5/c1-2-17-39(18-3-1)60-61-58-42-19-5-4-16-38(42)30-33-48(58)59(62-60)47-24-10-15-29-55(47)65-56-34-31-40(63-51-25-11-6-20-43(51)44-21-7-12-26-52(44)63)36-49(56)50-37-41(32-35-57(50)65)64-53-27-13-8-22-45(53)46-23-9-14-28-54(46)64/h1-37H. The van der Waals surface area contributed by atoms with E-state index in [1.165, 1.54) is 54.4 Å². The van der Waals surface area contributed by atoms with Crippen LogP contribution in [0.25, 0.3) is 127 Å². The highest BCUT2D eigenvalue weighted by Crippen LogP contribution is 2.42. The summed E-state index contributed by atoms with van der Waals surface area (Å²) >= 11 is 0. The van der Waals surface area contributed by atoms with Gasteiger partial charge in [0.2, 0.25) is 0 Å². The Morgan fingerprint density at radius 3 is 1.32 bits per heavy atom. The molecule has 14 aromatic rings. The Hall–Kier alpha value is -8.80. The zero-order valence-corrected chi connectivity index (χ0v) is 35.1. The van der Waals surface area contributed by atoms with Gasteiger partial charge in [-0.3, -0.25) is 0 Å². The lowest BCUT2D eigenvalue weighted by molar-refractivity contribution is 1.15. The van der Waals surface area contributed by atoms with E-state index in [1.807, 2.05) is 6.07 Å². The Morgan fingerprint density at radius 1 is 0.292 bits per heavy atom. The van der Waals surface area contributed by atoms with Gasteiger partial charge >= 0.3 is 0 Å². The number of nitrogens with zero attached hydrogens (tertiary/aromatic N) is 5. The van der Waals surface area contributed by atoms with Crippen molar-refractivity contribution in [2.75, 3.05) is 0 Å². The first-order chi connectivity index (χ1) is 32.3. The van der Waals surface area contributed by atoms with Crippen LogP contribution in [0.5, 0.6) is 0 Å². The second kappa shape index (κ2) is 13.9. The lowest BCUT2D eigenvalue weighted by atomic mass is 10.00. The fourth-order valence-corrected chi connectivity index (χ4v) is 10.6. The summed E-state index contributed by atoms with van der Waals surface area (Å²) in [5, 5.41) is 10.6. The summed E-state index contributed by atoms with van der Waals surface area (Å²) in [4.78, 5) is 10.7. The van der Waals surface area contributed by atoms with Crippen LogP contribution >= 0.6 is 0 Å². The highest BCUT2D eigenvalue weighted by molar-refractivity contribution is 6.15. The van der Waals surface area contributed by atoms with Crippen molar-refractivity contribution in [3.63, 3.8) is 0 Å². The molecule has 0 aliphatic rings. The number of aromatic nitrogens is 5. The third-order valence-corrected chi connectivity index (χ3v) is 13.4. The molecular weight excluding hydrogens is 791 g/mol. The van der Waals surface area contributed by atoms with Crippen LogP contribution in [-0.2, 0) is 0 Å². The Labute approximate surface area is 373 Å². The van der Waals surface area contributed by atoms with Crippen molar-refractivity contribution in [1.29, 1.82) is 0 Å². The molecule has 0 atom stereocenters. The Morgan fingerprint density at radius 2 is 0.754 bits per heavy atom. The molecule has 10 aromatic carbocycles. The molecule has 4 aromatic heterocycles. The van der Waals surface area contributed by atoms with Crippen molar-refractivity contribution in [2.45, 2.75) is 0 Å². The molecule has 5 heteroatoms. The first-order valence-corrected chi connectivity index (χ1v) is 22.2. The monoisotopic (exact) mass is 827 g/mol. The van der Waals surface area contributed by atoms with Crippen LogP contribution in [0.4, 0.5) is 0 Å². The summed E-state index contributed by atoms with van der Waals surface area (Å²) in [6.07, 6.45) is 0. The smallest absolute Gasteiger partial charge is 0.160 e. The molecule has 65 heavy (non-hydrogen) atoms. The zero-order chi connectivity index (χ0) is 42.6. The van der Waals surface area contributed by atoms with Crippen LogP contribution in [0.2, 0.25) is 0 Å². The normalized spacial score (nSPS) is 12.0. The first kappa shape index (κ1) is 35.8. The van der Waals surface area contributed by atoms with Gasteiger partial charge in [0.25, 0.3) is 0 Å². The molecule has 0 N–H and O–H groups in total. The molecular formula is C60H37N5. The second-order valence-electron chi connectivity index (χ2n) is 16.9. The molecule has 0 amide bonds. The lowest BCUT2D eigenvalue weighted by Crippen LogP contribution is -2.01. The highest BCUT2D eigenvalue weighted by atomic mass is 15.0. The van der Waals surface area contributed by atoms with Gasteiger partial charge in [0.15, 0.2) is 5.82 Å². The van der Waals surface area contributed by atoms with Gasteiger partial charge in [0.05, 0.1) is 50.0 Å². The SMILES string of the molecule is c1ccc(-c2nc(-c3ccccc3-n3c4ccc(-n5c6ccccc6c6ccccc65)cc4c4cc(-n5c6ccccc6c6ccccc65)ccc43)c3ccc4ccccc4c3n2)cc1. The van der Waals surface area contributed by atoms with Crippen LogP contribution in [-0.4, -0.2) is 23.7 Å². The van der Waals surface area contributed by atoms with Crippen molar-refractivity contribution in [1.82, 2.24) is 23.7 Å². The molecule has 0 spiro atoms. The van der Waals surface area contributed by atoms with Gasteiger partial charge in [-0.2, -0.15) is 0 Å². The summed E-state index contributed by atoms with van der Waals surface area (Å²) in [5.74, 6) is 0.702. The third kappa shape index (κ3) is 5.27. The molecule has 0 aliphatic carbocycles. The van der Waals surface area contributed by atoms with Gasteiger partial charge < -0.3 is 13.7 Å². The maximum absolute atomic E-state index is 5.46. The predicted octanol–water partition coefficient (Wildman–Crippen LogP) is 15.4. The summed E-state index contributed by atoms with van der Waals surface area (Å²) in [5.41, 5.74) is 14.1. The van der Waals surface area contributed by atoms with E-state index in [4.69, 9.17) is 9.97 Å². The maximum atomic E-state index is 5.46. The molecule has 0 unspecified atom stereocenters. The number of hydrogen-bond donors (Lipinski definition) is 0. The lowest BCUT2D eigenvalue weighted by Gasteiger charge is -2.17. The van der Waals surface area contributed by atoms with Gasteiger partial charge in [-0.1, -0.05) is 152 Å². The van der Waals surface area contributed by atoms with Crippen molar-refractivity contribution in [2.24, 2.45) is 0 Å². The van der Waals surface area contributed by atoms with E-state index in [0.717, 1.165) is 66.6 Å². The van der Waals surface area contributed by atoms with Gasteiger partial charge in [0.1, 0.15) is 0 Å². The molecule has 5 nitrogen and oxygen atoms in total. The molecule has 0 bridgehead atoms. The highest BCUT2D eigenvalue weighted by Gasteiger charge is 2.22. The van der Waals surface area contributed by atoms with Crippen molar-refractivity contribution < 1.29 is 0 Å².